The Morgan fingerprint density at radius 1 is 0.181 bits per heavy atom. The molecule has 0 atom stereocenters. The first-order valence-electron chi connectivity index (χ1n) is 45.2. The number of ketones is 6. The highest BCUT2D eigenvalue weighted by Gasteiger charge is 2.26. The predicted molar refractivity (Wildman–Crippen MR) is 533 cm³/mol. The molecular formula is C114H108O24. The van der Waals surface area contributed by atoms with Gasteiger partial charge in [-0.1, -0.05) is 149 Å². The van der Waals surface area contributed by atoms with Gasteiger partial charge in [-0.25, -0.2) is 28.8 Å². The summed E-state index contributed by atoms with van der Waals surface area (Å²) in [4.78, 5) is 163. The van der Waals surface area contributed by atoms with Gasteiger partial charge in [0.05, 0.1) is 79.3 Å². The van der Waals surface area contributed by atoms with Crippen LogP contribution in [0, 0.1) is 0 Å². The van der Waals surface area contributed by atoms with Crippen LogP contribution in [0.25, 0.3) is 68.8 Å². The molecule has 708 valence electrons. The smallest absolute Gasteiger partial charge is 0.330 e. The molecule has 10 aromatic carbocycles. The lowest BCUT2D eigenvalue weighted by Crippen LogP contribution is -2.09. The van der Waals surface area contributed by atoms with Crippen molar-refractivity contribution in [1.29, 1.82) is 0 Å². The van der Waals surface area contributed by atoms with Crippen LogP contribution in [0.4, 0.5) is 0 Å². The van der Waals surface area contributed by atoms with Crippen molar-refractivity contribution in [2.45, 2.75) is 77.0 Å². The number of hydrogen-bond acceptors (Lipinski definition) is 24. The van der Waals surface area contributed by atoms with Crippen molar-refractivity contribution in [3.05, 3.63) is 361 Å². The Balaban J connectivity index is 1.15. The summed E-state index contributed by atoms with van der Waals surface area (Å²) < 4.78 is 66.5. The molecule has 24 heteroatoms. The number of ether oxygens (including phenoxy) is 12. The summed E-state index contributed by atoms with van der Waals surface area (Å²) in [5.41, 5.74) is 2.86. The average molecular weight is 1860 g/mol. The lowest BCUT2D eigenvalue weighted by molar-refractivity contribution is -0.138. The van der Waals surface area contributed by atoms with Crippen molar-refractivity contribution >= 4 is 139 Å². The Kier molecular flexibility index (Phi) is 41.9. The summed E-state index contributed by atoms with van der Waals surface area (Å²) in [7, 11) is 0. The third-order valence-corrected chi connectivity index (χ3v) is 21.1. The molecule has 0 aliphatic heterocycles. The van der Waals surface area contributed by atoms with Crippen molar-refractivity contribution in [2.75, 3.05) is 79.3 Å². The van der Waals surface area contributed by atoms with Gasteiger partial charge >= 0.3 is 35.8 Å². The molecule has 0 N–H and O–H groups in total. The molecule has 138 heavy (non-hydrogen) atoms. The lowest BCUT2D eigenvalue weighted by atomic mass is 9.84. The Labute approximate surface area is 801 Å². The zero-order chi connectivity index (χ0) is 98.2. The summed E-state index contributed by atoms with van der Waals surface area (Å²) in [5.74, 6) is -3.78. The van der Waals surface area contributed by atoms with Gasteiger partial charge in [-0.15, -0.1) is 0 Å². The maximum Gasteiger partial charge on any atom is 0.330 e. The molecule has 24 nitrogen and oxygen atoms in total. The Morgan fingerprint density at radius 3 is 0.428 bits per heavy atom. The number of carbonyl (C=O) groups is 12. The zero-order valence-electron chi connectivity index (χ0n) is 76.7. The molecule has 0 bridgehead atoms. The molecular weight excluding hydrogens is 1750 g/mol. The van der Waals surface area contributed by atoms with Gasteiger partial charge in [0.1, 0.15) is 34.5 Å². The molecule has 0 saturated heterocycles. The van der Waals surface area contributed by atoms with Gasteiger partial charge in [0, 0.05) is 69.8 Å². The van der Waals surface area contributed by atoms with E-state index >= 15 is 28.8 Å². The van der Waals surface area contributed by atoms with E-state index in [1.54, 1.807) is 218 Å². The number of carbonyl (C=O) groups excluding carboxylic acids is 12. The van der Waals surface area contributed by atoms with E-state index in [2.05, 4.69) is 39.5 Å². The van der Waals surface area contributed by atoms with Crippen LogP contribution in [0.3, 0.4) is 0 Å². The van der Waals surface area contributed by atoms with Crippen molar-refractivity contribution in [3.8, 4) is 34.5 Å². The zero-order valence-corrected chi connectivity index (χ0v) is 76.7. The van der Waals surface area contributed by atoms with Gasteiger partial charge in [-0.2, -0.15) is 0 Å². The van der Waals surface area contributed by atoms with E-state index in [-0.39, 0.29) is 105 Å². The largest absolute Gasteiger partial charge is 0.494 e. The van der Waals surface area contributed by atoms with Crippen LogP contribution in [-0.4, -0.2) is 150 Å². The minimum absolute atomic E-state index is 0.0986. The topological polar surface area (TPSA) is 316 Å². The van der Waals surface area contributed by atoms with E-state index < -0.39 is 70.5 Å². The quantitative estimate of drug-likeness (QED) is 0.00853. The summed E-state index contributed by atoms with van der Waals surface area (Å²) in [6.07, 6.45) is 30.7. The molecule has 10 rings (SSSR count). The standard InChI is InChI=1S/C114H108O24/c1-7-109(121)133-67-19-13-61-127-85-43-25-79(26-44-85)37-55-103(115)97-73-91-92(74-98(97)104(116)56-38-80-27-45-86(46-28-80)128-62-14-20-68-134-110(122)8-2)94-76-100(106(118)58-40-82-31-49-88(50-32-82)130-64-16-22-70-136-112(124)10-4)102(108(120)60-42-84-35-53-90(54-36-84)132-66-18-24-72-138-114(126)12-6)78-96(94)95-77-101(107(119)59-41-83-33-51-89(52-34-83)131-65-17-23-71-137-113(125)11-5)99(75-93(91)95)105(117)57-39-81-29-47-87(48-30-81)129-63-15-21-69-135-111(123)9-3/h7-12,25-60,73-78H,1-6,13-24,61-72H2/b55-37+,56-38+,57-39+,58-40+,59-41+,60-42+. The normalized spacial score (nSPS) is 11.2. The fourth-order valence-corrected chi connectivity index (χ4v) is 13.7. The fraction of sp³-hybridized carbons (Fsp3) is 0.211. The van der Waals surface area contributed by atoms with Gasteiger partial charge in [-0.3, -0.25) is 28.8 Å². The maximum absolute atomic E-state index is 15.6. The Morgan fingerprint density at radius 2 is 0.304 bits per heavy atom. The first kappa shape index (κ1) is 104. The van der Waals surface area contributed by atoms with Crippen LogP contribution in [0.5, 0.6) is 34.5 Å². The van der Waals surface area contributed by atoms with Crippen LogP contribution in [-0.2, 0) is 57.2 Å². The molecule has 0 saturated carbocycles. The Bertz CT molecular complexity index is 5230. The summed E-state index contributed by atoms with van der Waals surface area (Å²) in [6.45, 7) is 23.6. The number of esters is 6. The van der Waals surface area contributed by atoms with Gasteiger partial charge in [-0.05, 0) is 288 Å². The van der Waals surface area contributed by atoms with Gasteiger partial charge in [0.2, 0.25) is 0 Å². The maximum atomic E-state index is 15.6. The molecule has 0 amide bonds. The Hall–Kier alpha value is -16.5. The van der Waals surface area contributed by atoms with Crippen molar-refractivity contribution in [3.63, 3.8) is 0 Å². The summed E-state index contributed by atoms with van der Waals surface area (Å²) >= 11 is 0. The molecule has 0 aromatic heterocycles. The minimum Gasteiger partial charge on any atom is -0.494 e. The van der Waals surface area contributed by atoms with Crippen molar-refractivity contribution < 1.29 is 114 Å². The molecule has 0 aliphatic carbocycles. The monoisotopic (exact) mass is 1860 g/mol. The summed E-state index contributed by atoms with van der Waals surface area (Å²) in [6, 6.07) is 51.0. The van der Waals surface area contributed by atoms with E-state index in [4.69, 9.17) is 56.8 Å². The van der Waals surface area contributed by atoms with Crippen LogP contribution < -0.4 is 28.4 Å². The third kappa shape index (κ3) is 33.6. The van der Waals surface area contributed by atoms with E-state index in [1.165, 1.54) is 36.5 Å². The summed E-state index contributed by atoms with van der Waals surface area (Å²) in [5, 5.41) is 1.64. The SMILES string of the molecule is C=CC(=O)OCCCCOc1ccc(/C=C/C(=O)c2cc3c4cc(C(=O)/C=C/c5ccc(OCCCCOC(=O)C=C)cc5)c(C(=O)/C=C/c5ccc(OCCCCOC(=O)C=C)cc5)cc4c4cc(C(=O)/C=C/c5ccc(OCCCCOC(=O)C=C)cc5)c(C(=O)/C=C/c5ccc(OCCCCOC(=O)C=C)cc5)cc4c3cc2C(=O)/C=C/c2ccc(OCCCCOC(=O)C=C)cc2)cc1. The highest BCUT2D eigenvalue weighted by Crippen LogP contribution is 2.41. The van der Waals surface area contributed by atoms with Gasteiger partial charge in [0.15, 0.2) is 34.7 Å². The number of rotatable bonds is 60. The minimum atomic E-state index is -0.637. The number of fused-ring (bicyclic) bond motifs is 6. The second-order valence-electron chi connectivity index (χ2n) is 31.0. The molecule has 10 aromatic rings. The molecule has 0 fully saturated rings. The highest BCUT2D eigenvalue weighted by molar-refractivity contribution is 6.33. The number of benzene rings is 10. The molecule has 0 aliphatic rings. The lowest BCUT2D eigenvalue weighted by Gasteiger charge is -2.18. The second kappa shape index (κ2) is 55.9. The molecule has 0 spiro atoms. The first-order valence-corrected chi connectivity index (χ1v) is 45.2. The molecule has 0 unspecified atom stereocenters. The fourth-order valence-electron chi connectivity index (χ4n) is 13.7. The second-order valence-corrected chi connectivity index (χ2v) is 31.0. The van der Waals surface area contributed by atoms with E-state index in [0.29, 0.717) is 185 Å². The van der Waals surface area contributed by atoms with E-state index in [1.807, 2.05) is 0 Å². The number of allylic oxidation sites excluding steroid dienone is 6. The third-order valence-electron chi connectivity index (χ3n) is 21.1. The van der Waals surface area contributed by atoms with Crippen LogP contribution in [0.15, 0.2) is 294 Å². The van der Waals surface area contributed by atoms with E-state index in [9.17, 15) is 28.8 Å². The highest BCUT2D eigenvalue weighted by atomic mass is 16.6. The van der Waals surface area contributed by atoms with Gasteiger partial charge < -0.3 is 56.8 Å². The first-order chi connectivity index (χ1) is 67.1. The molecule has 0 heterocycles. The van der Waals surface area contributed by atoms with Crippen LogP contribution in [0.1, 0.15) is 173 Å². The number of hydrogen-bond donors (Lipinski definition) is 0. The van der Waals surface area contributed by atoms with Gasteiger partial charge in [0.25, 0.3) is 0 Å². The van der Waals surface area contributed by atoms with Crippen LogP contribution >= 0.6 is 0 Å². The average Bonchev–Trinajstić information content (AvgIpc) is 0.715. The predicted octanol–water partition coefficient (Wildman–Crippen LogP) is 21.9. The molecule has 0 radical (unpaired) electrons. The van der Waals surface area contributed by atoms with E-state index in [0.717, 1.165) is 36.5 Å². The van der Waals surface area contributed by atoms with Crippen molar-refractivity contribution in [1.82, 2.24) is 0 Å². The van der Waals surface area contributed by atoms with Crippen LogP contribution in [0.2, 0.25) is 0 Å². The van der Waals surface area contributed by atoms with Crippen molar-refractivity contribution in [2.24, 2.45) is 0 Å². The number of unbranched alkanes of at least 4 members (excludes halogenated alkanes) is 6.